The third kappa shape index (κ3) is 5.02. The van der Waals surface area contributed by atoms with E-state index >= 15 is 0 Å². The lowest BCUT2D eigenvalue weighted by atomic mass is 10.1. The Kier molecular flexibility index (Phi) is 6.65. The number of amides is 2. The number of para-hydroxylation sites is 1. The van der Waals surface area contributed by atoms with E-state index < -0.39 is 5.97 Å². The highest BCUT2D eigenvalue weighted by Gasteiger charge is 2.27. The van der Waals surface area contributed by atoms with E-state index in [-0.39, 0.29) is 24.5 Å². The van der Waals surface area contributed by atoms with Gasteiger partial charge in [0.1, 0.15) is 0 Å². The Morgan fingerprint density at radius 3 is 2.41 bits per heavy atom. The Morgan fingerprint density at radius 2 is 1.76 bits per heavy atom. The molecule has 3 rings (SSSR count). The molecule has 0 aromatic heterocycles. The smallest absolute Gasteiger partial charge is 0.340 e. The highest BCUT2D eigenvalue weighted by atomic mass is 16.5. The molecule has 2 amide bonds. The molecule has 1 aliphatic rings. The summed E-state index contributed by atoms with van der Waals surface area (Å²) in [4.78, 5) is 40.7. The summed E-state index contributed by atoms with van der Waals surface area (Å²) >= 11 is 0. The number of carbonyl (C=O) groups excluding carboxylic acids is 3. The second-order valence-corrected chi connectivity index (χ2v) is 7.34. The molecule has 2 aromatic carbocycles. The molecule has 2 aromatic rings. The third-order valence-corrected chi connectivity index (χ3v) is 4.95. The molecule has 1 fully saturated rings. The van der Waals surface area contributed by atoms with Gasteiger partial charge in [-0.2, -0.15) is 0 Å². The number of benzene rings is 2. The van der Waals surface area contributed by atoms with Gasteiger partial charge in [0, 0.05) is 25.6 Å². The monoisotopic (exact) mass is 394 g/mol. The Labute approximate surface area is 171 Å². The molecule has 6 nitrogen and oxygen atoms in total. The zero-order valence-corrected chi connectivity index (χ0v) is 16.8. The van der Waals surface area contributed by atoms with Gasteiger partial charge in [-0.05, 0) is 38.0 Å². The van der Waals surface area contributed by atoms with Crippen molar-refractivity contribution < 1.29 is 19.1 Å². The molecule has 0 atom stereocenters. The van der Waals surface area contributed by atoms with Gasteiger partial charge in [-0.25, -0.2) is 4.79 Å². The van der Waals surface area contributed by atoms with Crippen molar-refractivity contribution in [2.45, 2.75) is 39.3 Å². The van der Waals surface area contributed by atoms with Crippen molar-refractivity contribution in [3.63, 3.8) is 0 Å². The van der Waals surface area contributed by atoms with Crippen molar-refractivity contribution in [1.29, 1.82) is 0 Å². The molecular formula is C23H26N2O4. The molecule has 0 radical (unpaired) electrons. The Hall–Kier alpha value is -3.15. The molecule has 0 unspecified atom stereocenters. The SMILES string of the molecule is CC(C)N(Cc1ccccc1)C(=O)COC(=O)c1ccccc1N1CCCC1=O. The Bertz CT molecular complexity index is 879. The highest BCUT2D eigenvalue weighted by molar-refractivity contribution is 6.03. The number of nitrogens with zero attached hydrogens (tertiary/aromatic N) is 2. The van der Waals surface area contributed by atoms with Crippen LogP contribution in [0.3, 0.4) is 0 Å². The summed E-state index contributed by atoms with van der Waals surface area (Å²) in [6.45, 7) is 4.55. The van der Waals surface area contributed by atoms with Crippen LogP contribution < -0.4 is 4.90 Å². The fourth-order valence-corrected chi connectivity index (χ4v) is 3.41. The normalized spacial score (nSPS) is 13.6. The molecule has 0 N–H and O–H groups in total. The van der Waals surface area contributed by atoms with Gasteiger partial charge in [0.15, 0.2) is 6.61 Å². The summed E-state index contributed by atoms with van der Waals surface area (Å²) in [7, 11) is 0. The second kappa shape index (κ2) is 9.37. The summed E-state index contributed by atoms with van der Waals surface area (Å²) in [5.74, 6) is -0.862. The first-order valence-corrected chi connectivity index (χ1v) is 9.87. The quantitative estimate of drug-likeness (QED) is 0.675. The first kappa shape index (κ1) is 20.6. The number of hydrogen-bond donors (Lipinski definition) is 0. The number of rotatable bonds is 7. The molecule has 1 heterocycles. The van der Waals surface area contributed by atoms with Crippen LogP contribution in [0.2, 0.25) is 0 Å². The van der Waals surface area contributed by atoms with Gasteiger partial charge in [-0.15, -0.1) is 0 Å². The standard InChI is InChI=1S/C23H26N2O4/c1-17(2)25(15-18-9-4-3-5-10-18)22(27)16-29-23(28)19-11-6-7-12-20(19)24-14-8-13-21(24)26/h3-7,9-12,17H,8,13-16H2,1-2H3. The maximum absolute atomic E-state index is 12.7. The summed E-state index contributed by atoms with van der Waals surface area (Å²) in [6, 6.07) is 16.5. The Balaban J connectivity index is 1.67. The van der Waals surface area contributed by atoms with Crippen LogP contribution in [0.5, 0.6) is 0 Å². The van der Waals surface area contributed by atoms with E-state index in [1.165, 1.54) is 0 Å². The van der Waals surface area contributed by atoms with Crippen LogP contribution in [0, 0.1) is 0 Å². The summed E-state index contributed by atoms with van der Waals surface area (Å²) < 4.78 is 5.33. The van der Waals surface area contributed by atoms with E-state index in [2.05, 4.69) is 0 Å². The van der Waals surface area contributed by atoms with E-state index in [9.17, 15) is 14.4 Å². The van der Waals surface area contributed by atoms with Crippen LogP contribution in [0.4, 0.5) is 5.69 Å². The average molecular weight is 394 g/mol. The topological polar surface area (TPSA) is 66.9 Å². The van der Waals surface area contributed by atoms with Gasteiger partial charge in [-0.3, -0.25) is 9.59 Å². The van der Waals surface area contributed by atoms with Crippen molar-refractivity contribution in [2.75, 3.05) is 18.1 Å². The number of anilines is 1. The lowest BCUT2D eigenvalue weighted by Gasteiger charge is -2.27. The van der Waals surface area contributed by atoms with E-state index in [1.54, 1.807) is 34.1 Å². The van der Waals surface area contributed by atoms with E-state index in [4.69, 9.17) is 4.74 Å². The molecule has 29 heavy (non-hydrogen) atoms. The first-order chi connectivity index (χ1) is 14.0. The fourth-order valence-electron chi connectivity index (χ4n) is 3.41. The Morgan fingerprint density at radius 1 is 1.07 bits per heavy atom. The summed E-state index contributed by atoms with van der Waals surface area (Å²) in [6.07, 6.45) is 1.24. The number of esters is 1. The lowest BCUT2D eigenvalue weighted by Crippen LogP contribution is -2.39. The van der Waals surface area contributed by atoms with Gasteiger partial charge in [0.25, 0.3) is 5.91 Å². The van der Waals surface area contributed by atoms with Crippen LogP contribution in [-0.2, 0) is 20.9 Å². The molecule has 1 saturated heterocycles. The zero-order valence-electron chi connectivity index (χ0n) is 16.8. The maximum atomic E-state index is 12.7. The molecule has 0 aliphatic carbocycles. The maximum Gasteiger partial charge on any atom is 0.340 e. The largest absolute Gasteiger partial charge is 0.452 e. The van der Waals surface area contributed by atoms with Crippen molar-refractivity contribution in [3.05, 3.63) is 65.7 Å². The van der Waals surface area contributed by atoms with Gasteiger partial charge >= 0.3 is 5.97 Å². The van der Waals surface area contributed by atoms with E-state index in [0.717, 1.165) is 12.0 Å². The van der Waals surface area contributed by atoms with E-state index in [1.807, 2.05) is 44.2 Å². The van der Waals surface area contributed by atoms with Gasteiger partial charge in [0.2, 0.25) is 5.91 Å². The second-order valence-electron chi connectivity index (χ2n) is 7.34. The molecule has 0 bridgehead atoms. The van der Waals surface area contributed by atoms with Crippen LogP contribution in [0.15, 0.2) is 54.6 Å². The minimum Gasteiger partial charge on any atom is -0.452 e. The first-order valence-electron chi connectivity index (χ1n) is 9.87. The average Bonchev–Trinajstić information content (AvgIpc) is 3.16. The van der Waals surface area contributed by atoms with Crippen molar-refractivity contribution in [1.82, 2.24) is 4.90 Å². The molecule has 0 saturated carbocycles. The number of hydrogen-bond acceptors (Lipinski definition) is 4. The molecular weight excluding hydrogens is 368 g/mol. The summed E-state index contributed by atoms with van der Waals surface area (Å²) in [5, 5.41) is 0. The minimum atomic E-state index is -0.600. The van der Waals surface area contributed by atoms with Crippen LogP contribution >= 0.6 is 0 Å². The fraction of sp³-hybridized carbons (Fsp3) is 0.348. The molecule has 0 spiro atoms. The van der Waals surface area contributed by atoms with E-state index in [0.29, 0.717) is 30.8 Å². The third-order valence-electron chi connectivity index (χ3n) is 4.95. The predicted molar refractivity (Wildman–Crippen MR) is 110 cm³/mol. The lowest BCUT2D eigenvalue weighted by molar-refractivity contribution is -0.137. The van der Waals surface area contributed by atoms with Crippen molar-refractivity contribution >= 4 is 23.5 Å². The zero-order chi connectivity index (χ0) is 20.8. The highest BCUT2D eigenvalue weighted by Crippen LogP contribution is 2.26. The summed E-state index contributed by atoms with van der Waals surface area (Å²) in [5.41, 5.74) is 1.85. The van der Waals surface area contributed by atoms with Crippen LogP contribution in [-0.4, -0.2) is 41.9 Å². The predicted octanol–water partition coefficient (Wildman–Crippen LogP) is 3.41. The van der Waals surface area contributed by atoms with Gasteiger partial charge in [0.05, 0.1) is 11.3 Å². The van der Waals surface area contributed by atoms with Crippen LogP contribution in [0.25, 0.3) is 0 Å². The van der Waals surface area contributed by atoms with Gasteiger partial charge in [-0.1, -0.05) is 42.5 Å². The molecule has 6 heteroatoms. The van der Waals surface area contributed by atoms with Gasteiger partial charge < -0.3 is 14.5 Å². The van der Waals surface area contributed by atoms with Crippen LogP contribution in [0.1, 0.15) is 42.6 Å². The number of carbonyl (C=O) groups is 3. The minimum absolute atomic E-state index is 0.00447. The van der Waals surface area contributed by atoms with Crippen molar-refractivity contribution in [3.8, 4) is 0 Å². The molecule has 152 valence electrons. The van der Waals surface area contributed by atoms with Crippen molar-refractivity contribution in [2.24, 2.45) is 0 Å². The number of ether oxygens (including phenoxy) is 1. The molecule has 1 aliphatic heterocycles.